The van der Waals surface area contributed by atoms with Crippen LogP contribution in [0.4, 0.5) is 0 Å². The van der Waals surface area contributed by atoms with E-state index in [1.807, 2.05) is 37.3 Å². The highest BCUT2D eigenvalue weighted by Crippen LogP contribution is 2.29. The number of pyridine rings is 1. The molecule has 4 rings (SSSR count). The van der Waals surface area contributed by atoms with Gasteiger partial charge in [-0.05, 0) is 36.8 Å². The van der Waals surface area contributed by atoms with Gasteiger partial charge in [0.1, 0.15) is 11.3 Å². The van der Waals surface area contributed by atoms with Crippen molar-refractivity contribution in [1.82, 2.24) is 4.98 Å². The normalized spacial score (nSPS) is 11.5. The third-order valence-corrected chi connectivity index (χ3v) is 3.78. The first-order chi connectivity index (χ1) is 10.2. The maximum Gasteiger partial charge on any atom is 0.232 e. The smallest absolute Gasteiger partial charge is 0.232 e. The molecule has 2 aromatic heterocycles. The van der Waals surface area contributed by atoms with E-state index in [2.05, 4.69) is 4.98 Å². The molecule has 0 fully saturated rings. The van der Waals surface area contributed by atoms with Crippen molar-refractivity contribution in [1.29, 1.82) is 0 Å². The number of rotatable bonds is 1. The molecule has 4 heteroatoms. The van der Waals surface area contributed by atoms with Gasteiger partial charge in [-0.1, -0.05) is 6.07 Å². The zero-order valence-corrected chi connectivity index (χ0v) is 11.7. The Morgan fingerprint density at radius 3 is 2.71 bits per heavy atom. The van der Waals surface area contributed by atoms with Crippen molar-refractivity contribution in [3.8, 4) is 5.75 Å². The maximum absolute atomic E-state index is 12.6. The van der Waals surface area contributed by atoms with Crippen molar-refractivity contribution >= 4 is 33.0 Å². The lowest BCUT2D eigenvalue weighted by molar-refractivity contribution is 0.414. The van der Waals surface area contributed by atoms with Gasteiger partial charge in [0.05, 0.1) is 18.1 Å². The van der Waals surface area contributed by atoms with Crippen LogP contribution in [0.5, 0.6) is 5.75 Å². The van der Waals surface area contributed by atoms with E-state index in [4.69, 9.17) is 9.15 Å². The third kappa shape index (κ3) is 1.65. The van der Waals surface area contributed by atoms with Crippen LogP contribution < -0.4 is 10.2 Å². The molecule has 0 aliphatic rings. The lowest BCUT2D eigenvalue weighted by Crippen LogP contribution is -2.02. The summed E-state index contributed by atoms with van der Waals surface area (Å²) < 4.78 is 10.9. The zero-order chi connectivity index (χ0) is 14.6. The van der Waals surface area contributed by atoms with Crippen LogP contribution in [0.2, 0.25) is 0 Å². The van der Waals surface area contributed by atoms with Crippen LogP contribution in [0.3, 0.4) is 0 Å². The summed E-state index contributed by atoms with van der Waals surface area (Å²) in [7, 11) is 1.60. The van der Waals surface area contributed by atoms with E-state index in [0.29, 0.717) is 22.3 Å². The first-order valence-corrected chi connectivity index (χ1v) is 6.70. The third-order valence-electron chi connectivity index (χ3n) is 3.78. The minimum Gasteiger partial charge on any atom is -0.497 e. The molecule has 4 nitrogen and oxygen atoms in total. The summed E-state index contributed by atoms with van der Waals surface area (Å²) in [6.07, 6.45) is 0. The highest BCUT2D eigenvalue weighted by molar-refractivity contribution is 6.06. The molecule has 4 aromatic rings. The van der Waals surface area contributed by atoms with Gasteiger partial charge >= 0.3 is 0 Å². The lowest BCUT2D eigenvalue weighted by atomic mass is 10.1. The summed E-state index contributed by atoms with van der Waals surface area (Å²) in [5.41, 5.74) is 3.57. The van der Waals surface area contributed by atoms with Gasteiger partial charge in [-0.25, -0.2) is 0 Å². The molecule has 0 amide bonds. The van der Waals surface area contributed by atoms with Crippen molar-refractivity contribution in [2.45, 2.75) is 6.92 Å². The number of aryl methyl sites for hydroxylation is 1. The second-order valence-corrected chi connectivity index (χ2v) is 5.17. The van der Waals surface area contributed by atoms with Crippen LogP contribution in [0, 0.1) is 6.92 Å². The van der Waals surface area contributed by atoms with E-state index in [-0.39, 0.29) is 5.43 Å². The SMILES string of the molecule is COc1ccc2c(c1)oc1c(=O)c3ccc(C)cc3[nH]c12. The number of aromatic nitrogens is 1. The molecule has 0 aliphatic heterocycles. The summed E-state index contributed by atoms with van der Waals surface area (Å²) >= 11 is 0. The van der Waals surface area contributed by atoms with Crippen molar-refractivity contribution in [2.24, 2.45) is 0 Å². The Bertz CT molecular complexity index is 1060. The van der Waals surface area contributed by atoms with Gasteiger partial charge < -0.3 is 14.1 Å². The van der Waals surface area contributed by atoms with Gasteiger partial charge in [0.2, 0.25) is 5.43 Å². The van der Waals surface area contributed by atoms with E-state index in [1.54, 1.807) is 13.2 Å². The second-order valence-electron chi connectivity index (χ2n) is 5.17. The predicted octanol–water partition coefficient (Wildman–Crippen LogP) is 3.74. The Kier molecular flexibility index (Phi) is 2.36. The summed E-state index contributed by atoms with van der Waals surface area (Å²) in [6, 6.07) is 11.3. The largest absolute Gasteiger partial charge is 0.497 e. The van der Waals surface area contributed by atoms with Gasteiger partial charge in [0, 0.05) is 16.8 Å². The number of nitrogens with one attached hydrogen (secondary N) is 1. The number of benzene rings is 2. The average molecular weight is 279 g/mol. The Hall–Kier alpha value is -2.75. The van der Waals surface area contributed by atoms with E-state index in [1.165, 1.54) is 0 Å². The Labute approximate surface area is 119 Å². The summed E-state index contributed by atoms with van der Waals surface area (Å²) in [6.45, 7) is 2.00. The number of hydrogen-bond acceptors (Lipinski definition) is 3. The zero-order valence-electron chi connectivity index (χ0n) is 11.7. The number of aromatic amines is 1. The molecule has 0 saturated heterocycles. The summed E-state index contributed by atoms with van der Waals surface area (Å²) in [4.78, 5) is 15.9. The van der Waals surface area contributed by atoms with Crippen LogP contribution in [-0.2, 0) is 0 Å². The highest BCUT2D eigenvalue weighted by atomic mass is 16.5. The maximum atomic E-state index is 12.6. The monoisotopic (exact) mass is 279 g/mol. The fraction of sp³-hybridized carbons (Fsp3) is 0.118. The highest BCUT2D eigenvalue weighted by Gasteiger charge is 2.14. The van der Waals surface area contributed by atoms with Gasteiger partial charge in [-0.15, -0.1) is 0 Å². The fourth-order valence-corrected chi connectivity index (χ4v) is 2.70. The molecular weight excluding hydrogens is 266 g/mol. The topological polar surface area (TPSA) is 55.2 Å². The van der Waals surface area contributed by atoms with Gasteiger partial charge in [0.15, 0.2) is 5.58 Å². The lowest BCUT2D eigenvalue weighted by Gasteiger charge is -2.00. The van der Waals surface area contributed by atoms with Gasteiger partial charge in [-0.2, -0.15) is 0 Å². The Morgan fingerprint density at radius 1 is 1.10 bits per heavy atom. The Morgan fingerprint density at radius 2 is 1.90 bits per heavy atom. The van der Waals surface area contributed by atoms with E-state index < -0.39 is 0 Å². The van der Waals surface area contributed by atoms with Crippen LogP contribution in [0.1, 0.15) is 5.56 Å². The second kappa shape index (κ2) is 4.12. The van der Waals surface area contributed by atoms with Gasteiger partial charge in [0.25, 0.3) is 0 Å². The average Bonchev–Trinajstić information content (AvgIpc) is 2.85. The molecule has 0 unspecified atom stereocenters. The summed E-state index contributed by atoms with van der Waals surface area (Å²) in [5.74, 6) is 0.703. The fourth-order valence-electron chi connectivity index (χ4n) is 2.70. The minimum atomic E-state index is -0.0890. The number of furan rings is 1. The molecule has 2 aromatic carbocycles. The standard InChI is InChI=1S/C17H13NO3/c1-9-3-5-11-13(7-9)18-15-12-6-4-10(20-2)8-14(12)21-17(15)16(11)19/h3-8H,1-2H3,(H,18,19). The molecule has 0 radical (unpaired) electrons. The summed E-state index contributed by atoms with van der Waals surface area (Å²) in [5, 5.41) is 1.52. The van der Waals surface area contributed by atoms with Crippen molar-refractivity contribution in [3.63, 3.8) is 0 Å². The van der Waals surface area contributed by atoms with Crippen LogP contribution in [-0.4, -0.2) is 12.1 Å². The van der Waals surface area contributed by atoms with E-state index in [0.717, 1.165) is 22.0 Å². The molecule has 0 saturated carbocycles. The molecule has 0 aliphatic carbocycles. The number of hydrogen-bond donors (Lipinski definition) is 1. The first-order valence-electron chi connectivity index (χ1n) is 6.70. The number of methoxy groups -OCH3 is 1. The van der Waals surface area contributed by atoms with E-state index in [9.17, 15) is 4.79 Å². The van der Waals surface area contributed by atoms with Crippen LogP contribution in [0.25, 0.3) is 33.0 Å². The first kappa shape index (κ1) is 12.0. The van der Waals surface area contributed by atoms with E-state index >= 15 is 0 Å². The predicted molar refractivity (Wildman–Crippen MR) is 83.1 cm³/mol. The van der Waals surface area contributed by atoms with Crippen LogP contribution >= 0.6 is 0 Å². The van der Waals surface area contributed by atoms with Crippen molar-refractivity contribution < 1.29 is 9.15 Å². The quantitative estimate of drug-likeness (QED) is 0.577. The van der Waals surface area contributed by atoms with Crippen molar-refractivity contribution in [3.05, 3.63) is 52.2 Å². The van der Waals surface area contributed by atoms with Crippen LogP contribution in [0.15, 0.2) is 45.6 Å². The molecule has 1 N–H and O–H groups in total. The van der Waals surface area contributed by atoms with Crippen molar-refractivity contribution in [2.75, 3.05) is 7.11 Å². The number of H-pyrrole nitrogens is 1. The number of ether oxygens (including phenoxy) is 1. The number of fused-ring (bicyclic) bond motifs is 4. The minimum absolute atomic E-state index is 0.0890. The molecule has 104 valence electrons. The van der Waals surface area contributed by atoms with Gasteiger partial charge in [-0.3, -0.25) is 4.79 Å². The Balaban J connectivity index is 2.21. The molecule has 0 atom stereocenters. The molecule has 0 bridgehead atoms. The molecule has 21 heavy (non-hydrogen) atoms. The molecular formula is C17H13NO3. The molecule has 0 spiro atoms. The molecule has 2 heterocycles.